The largest absolute Gasteiger partial charge is 0.354 e. The van der Waals surface area contributed by atoms with Crippen LogP contribution in [0.5, 0.6) is 0 Å². The summed E-state index contributed by atoms with van der Waals surface area (Å²) in [7, 11) is 2.16. The summed E-state index contributed by atoms with van der Waals surface area (Å²) in [6, 6.07) is 17.1. The number of carbonyl (C=O) groups excluding carboxylic acids is 1. The molecule has 2 aliphatic heterocycles. The van der Waals surface area contributed by atoms with E-state index in [0.29, 0.717) is 5.56 Å². The molecular formula is C30H36FN5O. The van der Waals surface area contributed by atoms with Crippen LogP contribution in [0.25, 0.3) is 11.1 Å². The predicted octanol–water partition coefficient (Wildman–Crippen LogP) is 4.34. The average Bonchev–Trinajstić information content (AvgIpc) is 2.91. The zero-order chi connectivity index (χ0) is 25.8. The lowest BCUT2D eigenvalue weighted by molar-refractivity contribution is 0.0905. The third-order valence-electron chi connectivity index (χ3n) is 7.57. The first kappa shape index (κ1) is 25.4. The summed E-state index contributed by atoms with van der Waals surface area (Å²) >= 11 is 0. The number of amides is 1. The predicted molar refractivity (Wildman–Crippen MR) is 146 cm³/mol. The normalized spacial score (nSPS) is 17.6. The molecule has 5 rings (SSSR count). The Morgan fingerprint density at radius 3 is 2.38 bits per heavy atom. The summed E-state index contributed by atoms with van der Waals surface area (Å²) in [6.45, 7) is 8.79. The Bertz CT molecular complexity index is 1200. The second-order valence-electron chi connectivity index (χ2n) is 10.4. The van der Waals surface area contributed by atoms with Crippen LogP contribution in [0.3, 0.4) is 0 Å². The third kappa shape index (κ3) is 6.17. The molecule has 3 aromatic rings. The molecule has 1 N–H and O–H groups in total. The van der Waals surface area contributed by atoms with Crippen LogP contribution in [-0.2, 0) is 6.54 Å². The fourth-order valence-electron chi connectivity index (χ4n) is 5.15. The molecule has 3 heterocycles. The monoisotopic (exact) mass is 501 g/mol. The molecule has 2 saturated heterocycles. The standard InChI is InChI=1S/C30H36FN5O/c1-22-6-9-24(10-7-22)26-4-3-5-27(29(26)31)30(37)33-25-12-14-35(15-13-25)21-23-8-11-28(32-20-23)36-18-16-34(2)17-19-36/h3-11,20,25H,12-19,21H2,1-2H3,(H,33,37). The highest BCUT2D eigenvalue weighted by atomic mass is 19.1. The molecule has 2 aromatic carbocycles. The molecular weight excluding hydrogens is 465 g/mol. The molecule has 0 saturated carbocycles. The topological polar surface area (TPSA) is 51.7 Å². The number of nitrogens with zero attached hydrogens (tertiary/aromatic N) is 4. The van der Waals surface area contributed by atoms with Gasteiger partial charge in [0.1, 0.15) is 11.6 Å². The molecule has 7 heteroatoms. The first-order valence-corrected chi connectivity index (χ1v) is 13.2. The number of pyridine rings is 1. The lowest BCUT2D eigenvalue weighted by atomic mass is 9.99. The van der Waals surface area contributed by atoms with Crippen LogP contribution < -0.4 is 10.2 Å². The van der Waals surface area contributed by atoms with Gasteiger partial charge in [0.25, 0.3) is 5.91 Å². The smallest absolute Gasteiger partial charge is 0.254 e. The van der Waals surface area contributed by atoms with Crippen molar-refractivity contribution in [3.8, 4) is 11.1 Å². The zero-order valence-corrected chi connectivity index (χ0v) is 21.8. The van der Waals surface area contributed by atoms with Gasteiger partial charge in [-0.15, -0.1) is 0 Å². The van der Waals surface area contributed by atoms with Gasteiger partial charge in [0.15, 0.2) is 0 Å². The van der Waals surface area contributed by atoms with Crippen molar-refractivity contribution in [2.45, 2.75) is 32.4 Å². The van der Waals surface area contributed by atoms with E-state index in [9.17, 15) is 4.79 Å². The quantitative estimate of drug-likeness (QED) is 0.545. The van der Waals surface area contributed by atoms with Crippen LogP contribution in [0.4, 0.5) is 10.2 Å². The van der Waals surface area contributed by atoms with Crippen LogP contribution in [0, 0.1) is 12.7 Å². The van der Waals surface area contributed by atoms with E-state index in [1.54, 1.807) is 18.2 Å². The minimum Gasteiger partial charge on any atom is -0.354 e. The van der Waals surface area contributed by atoms with E-state index < -0.39 is 5.82 Å². The molecule has 0 spiro atoms. The van der Waals surface area contributed by atoms with E-state index in [1.165, 1.54) is 5.56 Å². The van der Waals surface area contributed by atoms with Crippen molar-refractivity contribution >= 4 is 11.7 Å². The van der Waals surface area contributed by atoms with E-state index in [4.69, 9.17) is 4.98 Å². The molecule has 0 unspecified atom stereocenters. The first-order chi connectivity index (χ1) is 18.0. The van der Waals surface area contributed by atoms with Gasteiger partial charge >= 0.3 is 0 Å². The SMILES string of the molecule is Cc1ccc(-c2cccc(C(=O)NC3CCN(Cc4ccc(N5CCN(C)CC5)nc4)CC3)c2F)cc1. The number of hydrogen-bond donors (Lipinski definition) is 1. The van der Waals surface area contributed by atoms with Gasteiger partial charge in [0.2, 0.25) is 0 Å². The van der Waals surface area contributed by atoms with Crippen LogP contribution >= 0.6 is 0 Å². The molecule has 2 aliphatic rings. The van der Waals surface area contributed by atoms with Crippen LogP contribution in [0.1, 0.15) is 34.3 Å². The van der Waals surface area contributed by atoms with Gasteiger partial charge in [-0.25, -0.2) is 9.37 Å². The van der Waals surface area contributed by atoms with Crippen molar-refractivity contribution < 1.29 is 9.18 Å². The number of aromatic nitrogens is 1. The lowest BCUT2D eigenvalue weighted by Gasteiger charge is -2.33. The number of anilines is 1. The maximum atomic E-state index is 15.3. The van der Waals surface area contributed by atoms with E-state index >= 15 is 4.39 Å². The fourth-order valence-corrected chi connectivity index (χ4v) is 5.15. The molecule has 6 nitrogen and oxygen atoms in total. The van der Waals surface area contributed by atoms with Gasteiger partial charge in [-0.1, -0.05) is 48.0 Å². The fraction of sp³-hybridized carbons (Fsp3) is 0.400. The number of carbonyl (C=O) groups is 1. The van der Waals surface area contributed by atoms with Gasteiger partial charge in [-0.2, -0.15) is 0 Å². The zero-order valence-electron chi connectivity index (χ0n) is 21.8. The number of piperazine rings is 1. The number of hydrogen-bond acceptors (Lipinski definition) is 5. The van der Waals surface area contributed by atoms with Crippen LogP contribution in [0.2, 0.25) is 0 Å². The molecule has 0 radical (unpaired) electrons. The van der Waals surface area contributed by atoms with E-state index in [-0.39, 0.29) is 17.5 Å². The lowest BCUT2D eigenvalue weighted by Crippen LogP contribution is -2.45. The second kappa shape index (κ2) is 11.4. The van der Waals surface area contributed by atoms with E-state index in [1.807, 2.05) is 37.4 Å². The maximum absolute atomic E-state index is 15.3. The summed E-state index contributed by atoms with van der Waals surface area (Å²) in [5, 5.41) is 3.07. The maximum Gasteiger partial charge on any atom is 0.254 e. The van der Waals surface area contributed by atoms with Gasteiger partial charge in [-0.3, -0.25) is 9.69 Å². The van der Waals surface area contributed by atoms with Crippen LogP contribution in [-0.4, -0.2) is 73.0 Å². The summed E-state index contributed by atoms with van der Waals surface area (Å²) in [5.74, 6) is 0.249. The Morgan fingerprint density at radius 1 is 0.973 bits per heavy atom. The Morgan fingerprint density at radius 2 is 1.70 bits per heavy atom. The molecule has 2 fully saturated rings. The van der Waals surface area contributed by atoms with Crippen molar-refractivity contribution in [2.75, 3.05) is 51.2 Å². The van der Waals surface area contributed by atoms with E-state index in [0.717, 1.165) is 75.6 Å². The number of rotatable bonds is 6. The second-order valence-corrected chi connectivity index (χ2v) is 10.4. The van der Waals surface area contributed by atoms with Crippen molar-refractivity contribution in [1.82, 2.24) is 20.1 Å². The van der Waals surface area contributed by atoms with Crippen molar-refractivity contribution in [2.24, 2.45) is 0 Å². The summed E-state index contributed by atoms with van der Waals surface area (Å²) in [6.07, 6.45) is 3.68. The summed E-state index contributed by atoms with van der Waals surface area (Å²) < 4.78 is 15.3. The highest BCUT2D eigenvalue weighted by Gasteiger charge is 2.24. The van der Waals surface area contributed by atoms with E-state index in [2.05, 4.69) is 39.2 Å². The Kier molecular flexibility index (Phi) is 7.82. The minimum absolute atomic E-state index is 0.0453. The Labute approximate surface area is 219 Å². The molecule has 0 atom stereocenters. The van der Waals surface area contributed by atoms with Gasteiger partial charge in [0, 0.05) is 63.6 Å². The minimum atomic E-state index is -0.464. The summed E-state index contributed by atoms with van der Waals surface area (Å²) in [4.78, 5) is 24.7. The van der Waals surface area contributed by atoms with Crippen molar-refractivity contribution in [1.29, 1.82) is 0 Å². The van der Waals surface area contributed by atoms with Crippen molar-refractivity contribution in [3.63, 3.8) is 0 Å². The third-order valence-corrected chi connectivity index (χ3v) is 7.57. The molecule has 194 valence electrons. The van der Waals surface area contributed by atoms with Gasteiger partial charge in [-0.05, 0) is 50.1 Å². The van der Waals surface area contributed by atoms with Gasteiger partial charge < -0.3 is 15.1 Å². The highest BCUT2D eigenvalue weighted by Crippen LogP contribution is 2.26. The van der Waals surface area contributed by atoms with Gasteiger partial charge in [0.05, 0.1) is 5.56 Å². The number of likely N-dealkylation sites (tertiary alicyclic amines) is 1. The number of nitrogens with one attached hydrogen (secondary N) is 1. The first-order valence-electron chi connectivity index (χ1n) is 13.2. The number of halogens is 1. The van der Waals surface area contributed by atoms with Crippen LogP contribution in [0.15, 0.2) is 60.8 Å². The molecule has 0 aliphatic carbocycles. The average molecular weight is 502 g/mol. The molecule has 0 bridgehead atoms. The summed E-state index contributed by atoms with van der Waals surface area (Å²) in [5.41, 5.74) is 3.65. The number of likely N-dealkylation sites (N-methyl/N-ethyl adjacent to an activating group) is 1. The number of piperidine rings is 1. The number of benzene rings is 2. The molecule has 1 amide bonds. The van der Waals surface area contributed by atoms with Crippen molar-refractivity contribution in [3.05, 3.63) is 83.3 Å². The molecule has 1 aromatic heterocycles. The Hall–Kier alpha value is -3.29. The molecule has 37 heavy (non-hydrogen) atoms. The Balaban J connectivity index is 1.13. The number of aryl methyl sites for hydroxylation is 1. The highest BCUT2D eigenvalue weighted by molar-refractivity contribution is 5.96.